The minimum Gasteiger partial charge on any atom is -0.501 e. The van der Waals surface area contributed by atoms with E-state index in [0.29, 0.717) is 0 Å². The standard InChI is InChI=1S/C43H33N2OS.C13H12N.Ir/c1-25(2)32-21-28(27-13-6-5-7-14-27)22-33(26(3)4)41(32)45-37-19-10-9-18-36(37)44-43(45)31-17-12-16-30-34-24-40-35(23-38(34)46-42(30)31)29-15-8-11-20-39(29)47-40;1-10-3-6-12(7-4-10)13-8-5-11(2)9-14-13;/h5-16,18-26H,1-4H3;3-6,8-9H,1-2H3;/q2*-1;/i;2D3;. The molecule has 0 saturated carbocycles. The van der Waals surface area contributed by atoms with Crippen LogP contribution >= 0.6 is 11.3 Å². The fourth-order valence-electron chi connectivity index (χ4n) is 8.38. The maximum Gasteiger partial charge on any atom is 0.121 e. The van der Waals surface area contributed by atoms with E-state index in [4.69, 9.17) is 13.5 Å². The number of aromatic nitrogens is 3. The Bertz CT molecular complexity index is 3470. The van der Waals surface area contributed by atoms with Crippen LogP contribution in [0.15, 0.2) is 156 Å². The number of aryl methyl sites for hydroxylation is 2. The van der Waals surface area contributed by atoms with Crippen molar-refractivity contribution in [2.45, 2.75) is 53.3 Å². The minimum atomic E-state index is -2.09. The van der Waals surface area contributed by atoms with Crippen LogP contribution < -0.4 is 0 Å². The molecule has 0 atom stereocenters. The molecule has 0 saturated heterocycles. The summed E-state index contributed by atoms with van der Waals surface area (Å²) in [6.07, 6.45) is 1.40. The summed E-state index contributed by atoms with van der Waals surface area (Å²) >= 11 is 1.83. The van der Waals surface area contributed by atoms with Gasteiger partial charge in [0.05, 0.1) is 22.4 Å². The Hall–Kier alpha value is -6.17. The Morgan fingerprint density at radius 2 is 1.42 bits per heavy atom. The van der Waals surface area contributed by atoms with E-state index in [1.807, 2.05) is 42.5 Å². The molecular weight excluding hydrogens is 955 g/mol. The Morgan fingerprint density at radius 1 is 0.677 bits per heavy atom. The van der Waals surface area contributed by atoms with Gasteiger partial charge in [-0.3, -0.25) is 4.98 Å². The number of para-hydroxylation sites is 2. The first-order valence-corrected chi connectivity index (χ1v) is 21.6. The van der Waals surface area contributed by atoms with E-state index >= 15 is 0 Å². The van der Waals surface area contributed by atoms with Crippen molar-refractivity contribution in [1.29, 1.82) is 0 Å². The van der Waals surface area contributed by atoms with Crippen LogP contribution in [0, 0.1) is 25.9 Å². The topological polar surface area (TPSA) is 43.9 Å². The van der Waals surface area contributed by atoms with Crippen molar-refractivity contribution in [2.75, 3.05) is 0 Å². The van der Waals surface area contributed by atoms with E-state index in [-0.39, 0.29) is 37.5 Å². The second kappa shape index (κ2) is 16.9. The zero-order valence-corrected chi connectivity index (χ0v) is 38.3. The van der Waals surface area contributed by atoms with E-state index in [1.54, 1.807) is 12.1 Å². The maximum absolute atomic E-state index is 7.26. The molecular formula is C56H45IrN3OS-2. The summed E-state index contributed by atoms with van der Waals surface area (Å²) in [6.45, 7) is 9.06. The number of hydrogen-bond donors (Lipinski definition) is 0. The van der Waals surface area contributed by atoms with Gasteiger partial charge in [-0.25, -0.2) is 0 Å². The van der Waals surface area contributed by atoms with Crippen molar-refractivity contribution in [3.05, 3.63) is 186 Å². The Labute approximate surface area is 384 Å². The van der Waals surface area contributed by atoms with Gasteiger partial charge in [0.1, 0.15) is 5.58 Å². The monoisotopic (exact) mass is 1000 g/mol. The number of imidazole rings is 1. The van der Waals surface area contributed by atoms with Crippen molar-refractivity contribution < 1.29 is 28.6 Å². The summed E-state index contributed by atoms with van der Waals surface area (Å²) < 4.78 is 33.5. The minimum absolute atomic E-state index is 0. The molecule has 0 unspecified atom stereocenters. The molecule has 11 rings (SSSR count). The van der Waals surface area contributed by atoms with Crippen LogP contribution in [0.4, 0.5) is 0 Å². The molecule has 0 aliphatic carbocycles. The molecule has 6 heteroatoms. The van der Waals surface area contributed by atoms with Crippen LogP contribution in [-0.4, -0.2) is 14.5 Å². The van der Waals surface area contributed by atoms with Gasteiger partial charge in [-0.15, -0.1) is 64.9 Å². The molecule has 4 aromatic heterocycles. The third-order valence-corrected chi connectivity index (χ3v) is 12.6. The van der Waals surface area contributed by atoms with Gasteiger partial charge in [0.2, 0.25) is 0 Å². The van der Waals surface area contributed by atoms with Gasteiger partial charge in [0.25, 0.3) is 0 Å². The molecule has 0 aliphatic heterocycles. The van der Waals surface area contributed by atoms with Crippen LogP contribution in [0.25, 0.3) is 92.6 Å². The molecule has 0 bridgehead atoms. The van der Waals surface area contributed by atoms with E-state index in [9.17, 15) is 0 Å². The maximum atomic E-state index is 7.26. The average Bonchev–Trinajstić information content (AvgIpc) is 3.99. The molecule has 11 aromatic rings. The van der Waals surface area contributed by atoms with Crippen molar-refractivity contribution in [1.82, 2.24) is 14.5 Å². The first kappa shape index (κ1) is 37.6. The molecule has 1 radical (unpaired) electrons. The number of hydrogen-bond acceptors (Lipinski definition) is 4. The summed E-state index contributed by atoms with van der Waals surface area (Å²) in [4.78, 5) is 9.47. The Balaban J connectivity index is 0.000000250. The quantitative estimate of drug-likeness (QED) is 0.156. The van der Waals surface area contributed by atoms with Crippen molar-refractivity contribution in [2.24, 2.45) is 0 Å². The number of thiophene rings is 1. The Morgan fingerprint density at radius 3 is 2.15 bits per heavy atom. The van der Waals surface area contributed by atoms with Gasteiger partial charge in [-0.05, 0) is 94.7 Å². The number of benzene rings is 7. The normalized spacial score (nSPS) is 12.5. The van der Waals surface area contributed by atoms with Gasteiger partial charge in [0.15, 0.2) is 0 Å². The average molecular weight is 1000 g/mol. The first-order chi connectivity index (χ1) is 30.9. The van der Waals surface area contributed by atoms with Gasteiger partial charge in [0, 0.05) is 61.7 Å². The number of furan rings is 1. The SMILES string of the molecule is CC(C)c1cc(-c2ccccc2)cc(C(C)C)c1-n1c(-c2[c-]ccc3c2oc2cc4c(cc23)sc2ccccc24)nc2ccccc21.[2H]C([2H])([2H])c1ccc(-c2[c-]cc(C)cc2)nc1.[Ir]. The first-order valence-electron chi connectivity index (χ1n) is 22.3. The molecule has 7 aromatic carbocycles. The third kappa shape index (κ3) is 7.47. The van der Waals surface area contributed by atoms with Crippen LogP contribution in [-0.2, 0) is 20.1 Å². The van der Waals surface area contributed by atoms with Gasteiger partial charge in [-0.1, -0.05) is 118 Å². The second-order valence-electron chi connectivity index (χ2n) is 16.3. The third-order valence-electron chi connectivity index (χ3n) is 11.5. The summed E-state index contributed by atoms with van der Waals surface area (Å²) in [5.41, 5.74) is 13.9. The van der Waals surface area contributed by atoms with Crippen LogP contribution in [0.5, 0.6) is 0 Å². The molecule has 62 heavy (non-hydrogen) atoms. The Kier molecular flexibility index (Phi) is 10.3. The van der Waals surface area contributed by atoms with Gasteiger partial charge >= 0.3 is 0 Å². The number of rotatable bonds is 6. The molecule has 307 valence electrons. The molecule has 0 amide bonds. The van der Waals surface area contributed by atoms with E-state index in [0.717, 1.165) is 61.2 Å². The molecule has 4 heterocycles. The summed E-state index contributed by atoms with van der Waals surface area (Å²) in [5.74, 6) is 1.42. The van der Waals surface area contributed by atoms with E-state index in [2.05, 4.69) is 159 Å². The van der Waals surface area contributed by atoms with E-state index < -0.39 is 6.85 Å². The van der Waals surface area contributed by atoms with Gasteiger partial charge < -0.3 is 14.0 Å². The van der Waals surface area contributed by atoms with Crippen LogP contribution in [0.2, 0.25) is 0 Å². The predicted octanol–water partition coefficient (Wildman–Crippen LogP) is 15.8. The molecule has 0 fully saturated rings. The summed E-state index contributed by atoms with van der Waals surface area (Å²) in [6, 6.07) is 57.0. The fraction of sp³-hybridized carbons (Fsp3) is 0.143. The fourth-order valence-corrected chi connectivity index (χ4v) is 9.50. The van der Waals surface area contributed by atoms with Gasteiger partial charge in [-0.2, -0.15) is 0 Å². The summed E-state index contributed by atoms with van der Waals surface area (Å²) in [5, 5.41) is 4.70. The van der Waals surface area contributed by atoms with Crippen molar-refractivity contribution in [3.8, 4) is 39.5 Å². The molecule has 0 N–H and O–H groups in total. The smallest absolute Gasteiger partial charge is 0.121 e. The molecule has 0 spiro atoms. The van der Waals surface area contributed by atoms with E-state index in [1.165, 1.54) is 54.3 Å². The van der Waals surface area contributed by atoms with Crippen LogP contribution in [0.1, 0.15) is 65.9 Å². The zero-order valence-electron chi connectivity index (χ0n) is 38.1. The summed E-state index contributed by atoms with van der Waals surface area (Å²) in [7, 11) is 0. The number of fused-ring (bicyclic) bond motifs is 7. The zero-order chi connectivity index (χ0) is 44.3. The predicted molar refractivity (Wildman–Crippen MR) is 257 cm³/mol. The number of pyridine rings is 1. The second-order valence-corrected chi connectivity index (χ2v) is 17.4. The molecule has 4 nitrogen and oxygen atoms in total. The van der Waals surface area contributed by atoms with Crippen molar-refractivity contribution in [3.63, 3.8) is 0 Å². The van der Waals surface area contributed by atoms with Crippen molar-refractivity contribution >= 4 is 64.5 Å². The number of nitrogens with zero attached hydrogens (tertiary/aromatic N) is 3. The van der Waals surface area contributed by atoms with Crippen LogP contribution in [0.3, 0.4) is 0 Å². The largest absolute Gasteiger partial charge is 0.501 e. The molecule has 0 aliphatic rings.